The third-order valence-electron chi connectivity index (χ3n) is 3.15. The lowest BCUT2D eigenvalue weighted by molar-refractivity contribution is 0.380. The second kappa shape index (κ2) is 6.56. The van der Waals surface area contributed by atoms with Gasteiger partial charge in [-0.25, -0.2) is 8.42 Å². The number of nitrogens with one attached hydrogen (secondary N) is 1. The summed E-state index contributed by atoms with van der Waals surface area (Å²) >= 11 is 0. The molecule has 0 saturated carbocycles. The number of aryl methyl sites for hydroxylation is 2. The van der Waals surface area contributed by atoms with E-state index >= 15 is 0 Å². The maximum atomic E-state index is 12.8. The smallest absolute Gasteiger partial charge is 0.243 e. The number of nitrogens with two attached hydrogens (primary N) is 1. The normalized spacial score (nSPS) is 12.2. The Morgan fingerprint density at radius 1 is 1.25 bits per heavy atom. The number of sulfonamides is 1. The van der Waals surface area contributed by atoms with E-state index in [0.29, 0.717) is 34.8 Å². The Labute approximate surface area is 122 Å². The number of hydrazine groups is 1. The van der Waals surface area contributed by atoms with Gasteiger partial charge in [0.05, 0.1) is 4.90 Å². The van der Waals surface area contributed by atoms with Gasteiger partial charge in [0, 0.05) is 18.8 Å². The van der Waals surface area contributed by atoms with Gasteiger partial charge in [0.1, 0.15) is 0 Å². The van der Waals surface area contributed by atoms with Gasteiger partial charge in [0.15, 0.2) is 0 Å². The van der Waals surface area contributed by atoms with Crippen molar-refractivity contribution in [3.05, 3.63) is 23.3 Å². The average molecular weight is 299 g/mol. The zero-order chi connectivity index (χ0) is 15.5. The fraction of sp³-hybridized carbons (Fsp3) is 0.571. The summed E-state index contributed by atoms with van der Waals surface area (Å²) in [7, 11) is -3.47. The van der Waals surface area contributed by atoms with E-state index in [4.69, 9.17) is 5.84 Å². The molecule has 5 nitrogen and oxygen atoms in total. The van der Waals surface area contributed by atoms with Crippen LogP contribution in [-0.2, 0) is 10.0 Å². The lowest BCUT2D eigenvalue weighted by Gasteiger charge is -2.24. The van der Waals surface area contributed by atoms with E-state index < -0.39 is 10.0 Å². The van der Waals surface area contributed by atoms with Crippen molar-refractivity contribution < 1.29 is 8.42 Å². The molecule has 1 aromatic carbocycles. The predicted molar refractivity (Wildman–Crippen MR) is 83.0 cm³/mol. The van der Waals surface area contributed by atoms with Crippen molar-refractivity contribution in [1.82, 2.24) is 4.31 Å². The predicted octanol–water partition coefficient (Wildman–Crippen LogP) is 2.26. The van der Waals surface area contributed by atoms with Crippen LogP contribution in [0.4, 0.5) is 5.69 Å². The van der Waals surface area contributed by atoms with Crippen molar-refractivity contribution in [1.29, 1.82) is 0 Å². The molecule has 6 heteroatoms. The van der Waals surface area contributed by atoms with Crippen LogP contribution >= 0.6 is 0 Å². The van der Waals surface area contributed by atoms with Crippen LogP contribution < -0.4 is 11.3 Å². The Morgan fingerprint density at radius 2 is 1.75 bits per heavy atom. The average Bonchev–Trinajstić information content (AvgIpc) is 2.34. The molecule has 0 heterocycles. The number of hydrogen-bond acceptors (Lipinski definition) is 4. The number of benzene rings is 1. The summed E-state index contributed by atoms with van der Waals surface area (Å²) in [6.07, 6.45) is 0. The Morgan fingerprint density at radius 3 is 2.10 bits per heavy atom. The van der Waals surface area contributed by atoms with Gasteiger partial charge < -0.3 is 5.43 Å². The van der Waals surface area contributed by atoms with Gasteiger partial charge in [-0.2, -0.15) is 4.31 Å². The van der Waals surface area contributed by atoms with Gasteiger partial charge in [0.2, 0.25) is 10.0 Å². The largest absolute Gasteiger partial charge is 0.324 e. The highest BCUT2D eigenvalue weighted by atomic mass is 32.2. The van der Waals surface area contributed by atoms with Gasteiger partial charge in [-0.15, -0.1) is 0 Å². The minimum Gasteiger partial charge on any atom is -0.324 e. The minimum absolute atomic E-state index is 0.287. The monoisotopic (exact) mass is 299 g/mol. The summed E-state index contributed by atoms with van der Waals surface area (Å²) in [6, 6.07) is 3.51. The Balaban J connectivity index is 3.34. The van der Waals surface area contributed by atoms with Gasteiger partial charge >= 0.3 is 0 Å². The molecule has 0 spiro atoms. The Hall–Kier alpha value is -1.11. The summed E-state index contributed by atoms with van der Waals surface area (Å²) in [6.45, 7) is 10.5. The lowest BCUT2D eigenvalue weighted by Crippen LogP contribution is -2.34. The van der Waals surface area contributed by atoms with Crippen molar-refractivity contribution in [3.8, 4) is 0 Å². The zero-order valence-electron chi connectivity index (χ0n) is 12.9. The summed E-state index contributed by atoms with van der Waals surface area (Å²) in [4.78, 5) is 0.388. The molecule has 0 aliphatic rings. The SMILES string of the molecule is CCN(CC(C)C)S(=O)(=O)c1c(C)cc(NN)cc1C. The van der Waals surface area contributed by atoms with Crippen LogP contribution in [0.15, 0.2) is 17.0 Å². The molecule has 0 fully saturated rings. The molecule has 1 rings (SSSR count). The number of hydrogen-bond donors (Lipinski definition) is 2. The van der Waals surface area contributed by atoms with Crippen molar-refractivity contribution in [2.75, 3.05) is 18.5 Å². The Kier molecular flexibility index (Phi) is 5.56. The molecule has 1 aromatic rings. The van der Waals surface area contributed by atoms with Crippen LogP contribution in [0.25, 0.3) is 0 Å². The summed E-state index contributed by atoms with van der Waals surface area (Å²) in [5, 5.41) is 0. The second-order valence-corrected chi connectivity index (χ2v) is 7.31. The van der Waals surface area contributed by atoms with Crippen LogP contribution in [0.1, 0.15) is 31.9 Å². The summed E-state index contributed by atoms with van der Waals surface area (Å²) in [5.41, 5.74) is 4.68. The zero-order valence-corrected chi connectivity index (χ0v) is 13.7. The van der Waals surface area contributed by atoms with E-state index in [0.717, 1.165) is 0 Å². The highest BCUT2D eigenvalue weighted by Crippen LogP contribution is 2.27. The molecule has 0 aromatic heterocycles. The molecule has 20 heavy (non-hydrogen) atoms. The van der Waals surface area contributed by atoms with E-state index in [1.165, 1.54) is 4.31 Å². The third kappa shape index (κ3) is 3.50. The molecule has 0 bridgehead atoms. The summed E-state index contributed by atoms with van der Waals surface area (Å²) < 4.78 is 27.2. The van der Waals surface area contributed by atoms with Crippen LogP contribution in [0.5, 0.6) is 0 Å². The standard InChI is InChI=1S/C14H25N3O2S/c1-6-17(9-10(2)3)20(18,19)14-11(4)7-13(16-15)8-12(14)5/h7-8,10,16H,6,9,15H2,1-5H3. The first-order valence-corrected chi connectivity index (χ1v) is 8.26. The van der Waals surface area contributed by atoms with E-state index in [2.05, 4.69) is 5.43 Å². The molecule has 0 radical (unpaired) electrons. The second-order valence-electron chi connectivity index (χ2n) is 5.43. The van der Waals surface area contributed by atoms with E-state index in [1.807, 2.05) is 20.8 Å². The number of rotatable bonds is 6. The van der Waals surface area contributed by atoms with Crippen molar-refractivity contribution in [2.24, 2.45) is 11.8 Å². The van der Waals surface area contributed by atoms with Crippen molar-refractivity contribution >= 4 is 15.7 Å². The highest BCUT2D eigenvalue weighted by Gasteiger charge is 2.27. The quantitative estimate of drug-likeness (QED) is 0.624. The molecule has 0 atom stereocenters. The first-order chi connectivity index (χ1) is 9.23. The van der Waals surface area contributed by atoms with Crippen LogP contribution in [0, 0.1) is 19.8 Å². The maximum absolute atomic E-state index is 12.8. The first kappa shape index (κ1) is 16.9. The molecular formula is C14H25N3O2S. The number of nitrogen functional groups attached to an aromatic ring is 1. The van der Waals surface area contributed by atoms with Gasteiger partial charge in [0.25, 0.3) is 0 Å². The first-order valence-electron chi connectivity index (χ1n) is 6.82. The van der Waals surface area contributed by atoms with E-state index in [9.17, 15) is 8.42 Å². The fourth-order valence-corrected chi connectivity index (χ4v) is 4.40. The minimum atomic E-state index is -3.47. The van der Waals surface area contributed by atoms with Crippen LogP contribution in [0.3, 0.4) is 0 Å². The van der Waals surface area contributed by atoms with Crippen molar-refractivity contribution in [2.45, 2.75) is 39.5 Å². The highest BCUT2D eigenvalue weighted by molar-refractivity contribution is 7.89. The molecule has 0 saturated heterocycles. The maximum Gasteiger partial charge on any atom is 0.243 e. The summed E-state index contributed by atoms with van der Waals surface area (Å²) in [5.74, 6) is 5.68. The van der Waals surface area contributed by atoms with Gasteiger partial charge in [-0.3, -0.25) is 5.84 Å². The lowest BCUT2D eigenvalue weighted by atomic mass is 10.1. The molecule has 0 aliphatic heterocycles. The molecule has 3 N–H and O–H groups in total. The Bertz CT molecular complexity index is 545. The third-order valence-corrected chi connectivity index (χ3v) is 5.39. The number of nitrogens with zero attached hydrogens (tertiary/aromatic N) is 1. The fourth-order valence-electron chi connectivity index (χ4n) is 2.37. The van der Waals surface area contributed by atoms with Gasteiger partial charge in [-0.1, -0.05) is 20.8 Å². The molecule has 0 unspecified atom stereocenters. The van der Waals surface area contributed by atoms with E-state index in [-0.39, 0.29) is 5.92 Å². The van der Waals surface area contributed by atoms with Crippen LogP contribution in [0.2, 0.25) is 0 Å². The molecule has 0 amide bonds. The topological polar surface area (TPSA) is 75.4 Å². The van der Waals surface area contributed by atoms with Crippen molar-refractivity contribution in [3.63, 3.8) is 0 Å². The van der Waals surface area contributed by atoms with Crippen LogP contribution in [-0.4, -0.2) is 25.8 Å². The molecular weight excluding hydrogens is 274 g/mol. The molecule has 0 aliphatic carbocycles. The number of anilines is 1. The van der Waals surface area contributed by atoms with E-state index in [1.54, 1.807) is 26.0 Å². The molecule has 114 valence electrons. The van der Waals surface area contributed by atoms with Gasteiger partial charge in [-0.05, 0) is 43.0 Å².